The highest BCUT2D eigenvalue weighted by Crippen LogP contribution is 2.37. The van der Waals surface area contributed by atoms with Crippen LogP contribution in [0.25, 0.3) is 0 Å². The number of carbonyl (C=O) groups excluding carboxylic acids is 1. The van der Waals surface area contributed by atoms with Gasteiger partial charge in [0, 0.05) is 15.7 Å². The molecule has 1 aliphatic heterocycles. The molecule has 0 radical (unpaired) electrons. The van der Waals surface area contributed by atoms with Crippen LogP contribution in [0.2, 0.25) is 0 Å². The molecule has 20 heavy (non-hydrogen) atoms. The highest BCUT2D eigenvalue weighted by Gasteiger charge is 2.34. The number of nitrogens with two attached hydrogens (primary N) is 1. The Balaban J connectivity index is 1.95. The Kier molecular flexibility index (Phi) is 3.31. The van der Waals surface area contributed by atoms with Crippen LogP contribution in [0.5, 0.6) is 0 Å². The van der Waals surface area contributed by atoms with E-state index in [-0.39, 0.29) is 11.7 Å². The summed E-state index contributed by atoms with van der Waals surface area (Å²) >= 11 is 3.38. The maximum absolute atomic E-state index is 12.9. The van der Waals surface area contributed by atoms with Crippen molar-refractivity contribution >= 4 is 27.5 Å². The summed E-state index contributed by atoms with van der Waals surface area (Å²) < 4.78 is 13.8. The molecule has 2 aromatic rings. The molecule has 102 valence electrons. The molecule has 0 saturated carbocycles. The lowest BCUT2D eigenvalue weighted by Gasteiger charge is -2.17. The molecule has 0 saturated heterocycles. The van der Waals surface area contributed by atoms with E-state index in [1.165, 1.54) is 12.1 Å². The molecule has 1 aliphatic rings. The zero-order valence-corrected chi connectivity index (χ0v) is 12.1. The second kappa shape index (κ2) is 5.00. The Bertz CT molecular complexity index is 672. The molecule has 2 aromatic carbocycles. The fraction of sp³-hybridized carbons (Fsp3) is 0.133. The van der Waals surface area contributed by atoms with E-state index in [1.54, 1.807) is 17.0 Å². The smallest absolute Gasteiger partial charge is 0.248 e. The van der Waals surface area contributed by atoms with Gasteiger partial charge in [-0.1, -0.05) is 28.1 Å². The van der Waals surface area contributed by atoms with E-state index in [0.717, 1.165) is 21.3 Å². The van der Waals surface area contributed by atoms with Gasteiger partial charge in [-0.2, -0.15) is 0 Å². The second-order valence-electron chi connectivity index (χ2n) is 4.73. The normalized spacial score (nSPS) is 17.4. The SMILES string of the molecule is N[C@@H]1C(=O)N(Cc2ccc(F)cc2)c2ccc(Br)cc21. The van der Waals surface area contributed by atoms with Gasteiger partial charge in [0.1, 0.15) is 11.9 Å². The van der Waals surface area contributed by atoms with Gasteiger partial charge in [0.05, 0.1) is 6.54 Å². The Hall–Kier alpha value is -1.72. The minimum atomic E-state index is -0.636. The van der Waals surface area contributed by atoms with E-state index >= 15 is 0 Å². The Morgan fingerprint density at radius 2 is 1.90 bits per heavy atom. The molecule has 5 heteroatoms. The number of fused-ring (bicyclic) bond motifs is 1. The first-order chi connectivity index (χ1) is 9.56. The fourth-order valence-electron chi connectivity index (χ4n) is 2.38. The molecular weight excluding hydrogens is 323 g/mol. The monoisotopic (exact) mass is 334 g/mol. The number of anilines is 1. The van der Waals surface area contributed by atoms with Crippen LogP contribution >= 0.6 is 15.9 Å². The number of benzene rings is 2. The van der Waals surface area contributed by atoms with Crippen molar-refractivity contribution in [3.63, 3.8) is 0 Å². The van der Waals surface area contributed by atoms with Gasteiger partial charge in [0.2, 0.25) is 5.91 Å². The lowest BCUT2D eigenvalue weighted by Crippen LogP contribution is -2.31. The van der Waals surface area contributed by atoms with Gasteiger partial charge in [-0.3, -0.25) is 4.79 Å². The quantitative estimate of drug-likeness (QED) is 0.917. The van der Waals surface area contributed by atoms with E-state index in [0.29, 0.717) is 6.54 Å². The Labute approximate surface area is 124 Å². The lowest BCUT2D eigenvalue weighted by atomic mass is 10.1. The van der Waals surface area contributed by atoms with Crippen molar-refractivity contribution < 1.29 is 9.18 Å². The first kappa shape index (κ1) is 13.3. The molecule has 0 aliphatic carbocycles. The summed E-state index contributed by atoms with van der Waals surface area (Å²) in [4.78, 5) is 13.9. The largest absolute Gasteiger partial charge is 0.316 e. The predicted molar refractivity (Wildman–Crippen MR) is 78.7 cm³/mol. The zero-order valence-electron chi connectivity index (χ0n) is 10.5. The van der Waals surface area contributed by atoms with Crippen molar-refractivity contribution in [2.24, 2.45) is 5.73 Å². The van der Waals surface area contributed by atoms with Crippen molar-refractivity contribution in [1.82, 2.24) is 0 Å². The standard InChI is InChI=1S/C15H12BrFN2O/c16-10-3-6-13-12(7-10)14(18)15(20)19(13)8-9-1-4-11(17)5-2-9/h1-7,14H,8,18H2/t14-/m0/s1. The Morgan fingerprint density at radius 1 is 1.20 bits per heavy atom. The van der Waals surface area contributed by atoms with Crippen LogP contribution in [-0.4, -0.2) is 5.91 Å². The van der Waals surface area contributed by atoms with Gasteiger partial charge in [0.25, 0.3) is 0 Å². The van der Waals surface area contributed by atoms with E-state index in [9.17, 15) is 9.18 Å². The number of carbonyl (C=O) groups is 1. The van der Waals surface area contributed by atoms with Crippen molar-refractivity contribution in [3.8, 4) is 0 Å². The third kappa shape index (κ3) is 2.23. The molecule has 2 N–H and O–H groups in total. The molecule has 3 nitrogen and oxygen atoms in total. The number of halogens is 2. The molecule has 0 aromatic heterocycles. The maximum atomic E-state index is 12.9. The van der Waals surface area contributed by atoms with Crippen LogP contribution in [0.4, 0.5) is 10.1 Å². The summed E-state index contributed by atoms with van der Waals surface area (Å²) in [6, 6.07) is 11.1. The summed E-state index contributed by atoms with van der Waals surface area (Å²) in [6.45, 7) is 0.390. The summed E-state index contributed by atoms with van der Waals surface area (Å²) in [5.74, 6) is -0.426. The molecule has 1 amide bonds. The van der Waals surface area contributed by atoms with Crippen molar-refractivity contribution in [1.29, 1.82) is 0 Å². The van der Waals surface area contributed by atoms with Gasteiger partial charge in [-0.15, -0.1) is 0 Å². The lowest BCUT2D eigenvalue weighted by molar-refractivity contribution is -0.119. The highest BCUT2D eigenvalue weighted by atomic mass is 79.9. The molecule has 0 fully saturated rings. The Morgan fingerprint density at radius 3 is 2.60 bits per heavy atom. The van der Waals surface area contributed by atoms with Crippen molar-refractivity contribution in [2.75, 3.05) is 4.90 Å². The fourth-order valence-corrected chi connectivity index (χ4v) is 2.75. The number of hydrogen-bond donors (Lipinski definition) is 1. The minimum absolute atomic E-state index is 0.137. The van der Waals surface area contributed by atoms with Crippen LogP contribution in [0.3, 0.4) is 0 Å². The summed E-state index contributed by atoms with van der Waals surface area (Å²) in [7, 11) is 0. The third-order valence-corrected chi connectivity index (χ3v) is 3.89. The molecule has 1 heterocycles. The van der Waals surface area contributed by atoms with E-state index in [2.05, 4.69) is 15.9 Å². The van der Waals surface area contributed by atoms with Crippen LogP contribution in [0, 0.1) is 5.82 Å². The topological polar surface area (TPSA) is 46.3 Å². The van der Waals surface area contributed by atoms with E-state index < -0.39 is 6.04 Å². The van der Waals surface area contributed by atoms with Crippen LogP contribution < -0.4 is 10.6 Å². The molecule has 0 spiro atoms. The van der Waals surface area contributed by atoms with E-state index in [4.69, 9.17) is 5.73 Å². The van der Waals surface area contributed by atoms with Crippen LogP contribution in [0.1, 0.15) is 17.2 Å². The van der Waals surface area contributed by atoms with Gasteiger partial charge in [0.15, 0.2) is 0 Å². The molecule has 0 unspecified atom stereocenters. The maximum Gasteiger partial charge on any atom is 0.248 e. The highest BCUT2D eigenvalue weighted by molar-refractivity contribution is 9.10. The van der Waals surface area contributed by atoms with E-state index in [1.807, 2.05) is 18.2 Å². The van der Waals surface area contributed by atoms with Gasteiger partial charge >= 0.3 is 0 Å². The molecular formula is C15H12BrFN2O. The minimum Gasteiger partial charge on any atom is -0.316 e. The molecule has 1 atom stereocenters. The van der Waals surface area contributed by atoms with Gasteiger partial charge < -0.3 is 10.6 Å². The summed E-state index contributed by atoms with van der Waals surface area (Å²) in [6.07, 6.45) is 0. The second-order valence-corrected chi connectivity index (χ2v) is 5.65. The summed E-state index contributed by atoms with van der Waals surface area (Å²) in [5.41, 5.74) is 8.44. The first-order valence-electron chi connectivity index (χ1n) is 6.17. The van der Waals surface area contributed by atoms with Crippen molar-refractivity contribution in [3.05, 3.63) is 63.9 Å². The molecule has 3 rings (SSSR count). The van der Waals surface area contributed by atoms with Gasteiger partial charge in [-0.05, 0) is 35.9 Å². The average molecular weight is 335 g/mol. The third-order valence-electron chi connectivity index (χ3n) is 3.40. The van der Waals surface area contributed by atoms with Gasteiger partial charge in [-0.25, -0.2) is 4.39 Å². The molecule has 0 bridgehead atoms. The van der Waals surface area contributed by atoms with Crippen molar-refractivity contribution in [2.45, 2.75) is 12.6 Å². The van der Waals surface area contributed by atoms with Crippen LogP contribution in [-0.2, 0) is 11.3 Å². The first-order valence-corrected chi connectivity index (χ1v) is 6.96. The zero-order chi connectivity index (χ0) is 14.3. The predicted octanol–water partition coefficient (Wildman–Crippen LogP) is 3.13. The number of nitrogens with zero attached hydrogens (tertiary/aromatic N) is 1. The number of hydrogen-bond acceptors (Lipinski definition) is 2. The van der Waals surface area contributed by atoms with Crippen LogP contribution in [0.15, 0.2) is 46.9 Å². The average Bonchev–Trinajstić information content (AvgIpc) is 2.66. The summed E-state index contributed by atoms with van der Waals surface area (Å²) in [5, 5.41) is 0. The number of amides is 1. The number of rotatable bonds is 2.